The Balaban J connectivity index is 1.64. The summed E-state index contributed by atoms with van der Waals surface area (Å²) >= 11 is 0. The Morgan fingerprint density at radius 2 is 1.65 bits per heavy atom. The van der Waals surface area contributed by atoms with Crippen LogP contribution in [-0.4, -0.2) is 23.4 Å². The average Bonchev–Trinajstić information content (AvgIpc) is 3.15. The lowest BCUT2D eigenvalue weighted by Gasteiger charge is -2.25. The second kappa shape index (κ2) is 9.18. The van der Waals surface area contributed by atoms with Gasteiger partial charge < -0.3 is 9.84 Å². The van der Waals surface area contributed by atoms with Gasteiger partial charge in [0.2, 0.25) is 0 Å². The second-order valence-corrected chi connectivity index (χ2v) is 8.70. The molecular formula is C29H27NO4. The molecule has 1 amide bonds. The number of aliphatic hydroxyl groups excluding tert-OH is 1. The van der Waals surface area contributed by atoms with Crippen molar-refractivity contribution in [2.75, 3.05) is 11.5 Å². The fraction of sp³-hybridized carbons (Fsp3) is 0.241. The van der Waals surface area contributed by atoms with Gasteiger partial charge in [0.05, 0.1) is 18.2 Å². The smallest absolute Gasteiger partial charge is 0.300 e. The molecule has 0 aromatic heterocycles. The quantitative estimate of drug-likeness (QED) is 0.311. The Morgan fingerprint density at radius 3 is 2.35 bits per heavy atom. The number of ether oxygens (including phenoxy) is 1. The third kappa shape index (κ3) is 3.87. The van der Waals surface area contributed by atoms with E-state index >= 15 is 0 Å². The van der Waals surface area contributed by atoms with Crippen molar-refractivity contribution in [2.24, 2.45) is 0 Å². The lowest BCUT2D eigenvalue weighted by atomic mass is 9.88. The molecule has 1 aliphatic heterocycles. The van der Waals surface area contributed by atoms with Gasteiger partial charge in [-0.2, -0.15) is 0 Å². The summed E-state index contributed by atoms with van der Waals surface area (Å²) in [5, 5.41) is 11.4. The Labute approximate surface area is 199 Å². The molecule has 1 saturated heterocycles. The van der Waals surface area contributed by atoms with Gasteiger partial charge in [0.25, 0.3) is 11.7 Å². The first kappa shape index (κ1) is 22.0. The van der Waals surface area contributed by atoms with Gasteiger partial charge in [-0.25, -0.2) is 0 Å². The molecular weight excluding hydrogens is 426 g/mol. The zero-order chi connectivity index (χ0) is 23.7. The SMILES string of the molecule is CCOc1ccc(N2C(=O)C(=O)/C(=C(\O)c3ccc4c(c3)CCCC4)C2c2ccccc2)cc1. The molecule has 1 fully saturated rings. The van der Waals surface area contributed by atoms with Crippen molar-refractivity contribution in [3.8, 4) is 5.75 Å². The number of anilines is 1. The number of Topliss-reactive ketones (excluding diaryl/α,β-unsaturated/α-hetero) is 1. The first-order chi connectivity index (χ1) is 16.6. The minimum absolute atomic E-state index is 0.112. The lowest BCUT2D eigenvalue weighted by molar-refractivity contribution is -0.132. The average molecular weight is 454 g/mol. The number of nitrogens with zero attached hydrogens (tertiary/aromatic N) is 1. The molecule has 0 radical (unpaired) electrons. The molecule has 5 rings (SSSR count). The number of aliphatic hydroxyl groups is 1. The molecule has 1 unspecified atom stereocenters. The van der Waals surface area contributed by atoms with Crippen LogP contribution < -0.4 is 9.64 Å². The number of rotatable bonds is 5. The highest BCUT2D eigenvalue weighted by molar-refractivity contribution is 6.51. The zero-order valence-corrected chi connectivity index (χ0v) is 19.2. The molecule has 1 heterocycles. The van der Waals surface area contributed by atoms with Crippen LogP contribution in [0.3, 0.4) is 0 Å². The van der Waals surface area contributed by atoms with E-state index in [4.69, 9.17) is 4.74 Å². The van der Waals surface area contributed by atoms with Crippen LogP contribution in [0.5, 0.6) is 5.75 Å². The normalized spacial score (nSPS) is 19.2. The van der Waals surface area contributed by atoms with Gasteiger partial charge in [0.1, 0.15) is 11.5 Å². The predicted octanol–water partition coefficient (Wildman–Crippen LogP) is 5.59. The summed E-state index contributed by atoms with van der Waals surface area (Å²) in [6, 6.07) is 21.6. The van der Waals surface area contributed by atoms with E-state index in [0.29, 0.717) is 23.6 Å². The van der Waals surface area contributed by atoms with Crippen molar-refractivity contribution in [1.29, 1.82) is 0 Å². The van der Waals surface area contributed by atoms with Gasteiger partial charge in [0.15, 0.2) is 0 Å². The van der Waals surface area contributed by atoms with E-state index in [0.717, 1.165) is 24.8 Å². The topological polar surface area (TPSA) is 66.8 Å². The Morgan fingerprint density at radius 1 is 0.941 bits per heavy atom. The highest BCUT2D eigenvalue weighted by atomic mass is 16.5. The summed E-state index contributed by atoms with van der Waals surface area (Å²) in [5.41, 5.74) is 4.51. The Bertz CT molecular complexity index is 1260. The number of carbonyl (C=O) groups is 2. The molecule has 34 heavy (non-hydrogen) atoms. The van der Waals surface area contributed by atoms with E-state index in [9.17, 15) is 14.7 Å². The number of fused-ring (bicyclic) bond motifs is 1. The van der Waals surface area contributed by atoms with Crippen molar-refractivity contribution < 1.29 is 19.4 Å². The van der Waals surface area contributed by atoms with Crippen LogP contribution in [0.1, 0.15) is 48.1 Å². The molecule has 5 nitrogen and oxygen atoms in total. The monoisotopic (exact) mass is 453 g/mol. The Kier molecular flexibility index (Phi) is 5.93. The third-order valence-electron chi connectivity index (χ3n) is 6.61. The van der Waals surface area contributed by atoms with E-state index in [-0.39, 0.29) is 11.3 Å². The molecule has 172 valence electrons. The molecule has 1 N–H and O–H groups in total. The number of hydrogen-bond acceptors (Lipinski definition) is 4. The fourth-order valence-corrected chi connectivity index (χ4v) is 4.96. The summed E-state index contributed by atoms with van der Waals surface area (Å²) in [5.74, 6) is -0.780. The van der Waals surface area contributed by atoms with Gasteiger partial charge >= 0.3 is 0 Å². The first-order valence-electron chi connectivity index (χ1n) is 11.8. The number of amides is 1. The summed E-state index contributed by atoms with van der Waals surface area (Å²) < 4.78 is 5.53. The van der Waals surface area contributed by atoms with Crippen molar-refractivity contribution in [3.05, 3.63) is 101 Å². The molecule has 1 atom stereocenters. The Hall–Kier alpha value is -3.86. The molecule has 2 aliphatic rings. The molecule has 0 spiro atoms. The number of benzene rings is 3. The summed E-state index contributed by atoms with van der Waals surface area (Å²) in [6.07, 6.45) is 4.27. The van der Waals surface area contributed by atoms with Crippen LogP contribution in [0.2, 0.25) is 0 Å². The molecule has 0 saturated carbocycles. The summed E-state index contributed by atoms with van der Waals surface area (Å²) in [6.45, 7) is 2.44. The summed E-state index contributed by atoms with van der Waals surface area (Å²) in [7, 11) is 0. The van der Waals surface area contributed by atoms with E-state index in [1.54, 1.807) is 24.3 Å². The van der Waals surface area contributed by atoms with E-state index in [1.807, 2.05) is 55.5 Å². The van der Waals surface area contributed by atoms with Crippen LogP contribution in [0.15, 0.2) is 78.4 Å². The number of ketones is 1. The van der Waals surface area contributed by atoms with Crippen LogP contribution in [0, 0.1) is 0 Å². The van der Waals surface area contributed by atoms with Crippen LogP contribution >= 0.6 is 0 Å². The van der Waals surface area contributed by atoms with Gasteiger partial charge in [-0.15, -0.1) is 0 Å². The number of aryl methyl sites for hydroxylation is 2. The minimum Gasteiger partial charge on any atom is -0.507 e. The molecule has 1 aliphatic carbocycles. The van der Waals surface area contributed by atoms with Gasteiger partial charge in [-0.3, -0.25) is 14.5 Å². The van der Waals surface area contributed by atoms with E-state index in [1.165, 1.54) is 22.4 Å². The molecule has 3 aromatic carbocycles. The number of hydrogen-bond donors (Lipinski definition) is 1. The maximum Gasteiger partial charge on any atom is 0.300 e. The molecule has 5 heteroatoms. The van der Waals surface area contributed by atoms with Gasteiger partial charge in [-0.05, 0) is 79.6 Å². The number of carbonyl (C=O) groups excluding carboxylic acids is 2. The van der Waals surface area contributed by atoms with Crippen LogP contribution in [-0.2, 0) is 22.4 Å². The van der Waals surface area contributed by atoms with Crippen molar-refractivity contribution in [3.63, 3.8) is 0 Å². The van der Waals surface area contributed by atoms with Crippen LogP contribution in [0.25, 0.3) is 5.76 Å². The van der Waals surface area contributed by atoms with Crippen molar-refractivity contribution >= 4 is 23.1 Å². The second-order valence-electron chi connectivity index (χ2n) is 8.70. The standard InChI is InChI=1S/C29H27NO4/c1-2-34-24-16-14-23(15-17-24)30-26(20-9-4-3-5-10-20)25(28(32)29(30)33)27(31)22-13-12-19-8-6-7-11-21(19)18-22/h3-5,9-10,12-18,26,31H,2,6-8,11H2,1H3/b27-25-. The predicted molar refractivity (Wildman–Crippen MR) is 132 cm³/mol. The highest BCUT2D eigenvalue weighted by Gasteiger charge is 2.46. The van der Waals surface area contributed by atoms with Crippen LogP contribution in [0.4, 0.5) is 5.69 Å². The fourth-order valence-electron chi connectivity index (χ4n) is 4.96. The third-order valence-corrected chi connectivity index (χ3v) is 6.61. The maximum atomic E-state index is 13.3. The molecule has 3 aromatic rings. The van der Waals surface area contributed by atoms with Crippen molar-refractivity contribution in [1.82, 2.24) is 0 Å². The molecule has 0 bridgehead atoms. The minimum atomic E-state index is -0.727. The highest BCUT2D eigenvalue weighted by Crippen LogP contribution is 2.42. The summed E-state index contributed by atoms with van der Waals surface area (Å²) in [4.78, 5) is 28.1. The van der Waals surface area contributed by atoms with Crippen molar-refractivity contribution in [2.45, 2.75) is 38.6 Å². The van der Waals surface area contributed by atoms with E-state index in [2.05, 4.69) is 0 Å². The van der Waals surface area contributed by atoms with E-state index < -0.39 is 17.7 Å². The lowest BCUT2D eigenvalue weighted by Crippen LogP contribution is -2.29. The maximum absolute atomic E-state index is 13.3. The van der Waals surface area contributed by atoms with Gasteiger partial charge in [-0.1, -0.05) is 42.5 Å². The first-order valence-corrected chi connectivity index (χ1v) is 11.8. The zero-order valence-electron chi connectivity index (χ0n) is 19.2. The van der Waals surface area contributed by atoms with Gasteiger partial charge in [0, 0.05) is 11.3 Å². The largest absolute Gasteiger partial charge is 0.507 e.